The summed E-state index contributed by atoms with van der Waals surface area (Å²) >= 11 is 3.57. The van der Waals surface area contributed by atoms with E-state index in [1.165, 1.54) is 9.80 Å². The highest BCUT2D eigenvalue weighted by atomic mass is 79.9. The topological polar surface area (TPSA) is 135 Å². The van der Waals surface area contributed by atoms with E-state index in [9.17, 15) is 24.3 Å². The van der Waals surface area contributed by atoms with Crippen LogP contribution in [0.2, 0.25) is 0 Å². The average Bonchev–Trinajstić information content (AvgIpc) is 3.67. The van der Waals surface area contributed by atoms with Crippen molar-refractivity contribution in [1.82, 2.24) is 10.2 Å². The fourth-order valence-corrected chi connectivity index (χ4v) is 7.96. The highest BCUT2D eigenvalue weighted by Gasteiger charge is 2.75. The van der Waals surface area contributed by atoms with Crippen molar-refractivity contribution in [1.29, 1.82) is 0 Å². The molecule has 2 fully saturated rings. The summed E-state index contributed by atoms with van der Waals surface area (Å²) in [5, 5.41) is 13.3. The number of nitrogens with one attached hydrogen (secondary N) is 1. The number of benzene rings is 2. The minimum absolute atomic E-state index is 0.131. The third kappa shape index (κ3) is 5.76. The number of rotatable bonds is 5. The monoisotopic (exact) mass is 707 g/mol. The molecular formula is C35H38BrN3O8. The second-order valence-electron chi connectivity index (χ2n) is 12.4. The van der Waals surface area contributed by atoms with Gasteiger partial charge in [-0.15, -0.1) is 0 Å². The van der Waals surface area contributed by atoms with Crippen molar-refractivity contribution in [3.8, 4) is 5.75 Å². The Hall–Kier alpha value is -4.00. The van der Waals surface area contributed by atoms with E-state index in [-0.39, 0.29) is 18.9 Å². The van der Waals surface area contributed by atoms with Crippen LogP contribution in [-0.4, -0.2) is 83.8 Å². The highest BCUT2D eigenvalue weighted by molar-refractivity contribution is 9.11. The summed E-state index contributed by atoms with van der Waals surface area (Å²) in [5.41, 5.74) is -0.280. The first-order valence-corrected chi connectivity index (χ1v) is 16.5. The van der Waals surface area contributed by atoms with Crippen molar-refractivity contribution in [2.75, 3.05) is 25.2 Å². The number of ether oxygens (including phenoxy) is 3. The van der Waals surface area contributed by atoms with Crippen LogP contribution >= 0.6 is 15.9 Å². The molecule has 12 heteroatoms. The SMILES string of the molecule is COc1ccc(N2C/C=C\CCC(=O)N[C@H](C)[C@@H](c3ccccc3)OC(=O)[C@@H]3[C@H]4O[C@@]5(C=C4Br)[C@H](C2=O)N([C@H](C)CO)C(=O)[C@@H]35)cc1. The molecule has 8 atom stereocenters. The van der Waals surface area contributed by atoms with Crippen LogP contribution in [0.3, 0.4) is 0 Å². The number of aliphatic hydroxyl groups excluding tert-OH is 1. The Labute approximate surface area is 281 Å². The number of hydrogen-bond acceptors (Lipinski definition) is 8. The van der Waals surface area contributed by atoms with Gasteiger partial charge in [-0.05, 0) is 56.2 Å². The second kappa shape index (κ2) is 13.2. The summed E-state index contributed by atoms with van der Waals surface area (Å²) in [6, 6.07) is 13.5. The van der Waals surface area contributed by atoms with E-state index in [0.29, 0.717) is 27.9 Å². The summed E-state index contributed by atoms with van der Waals surface area (Å²) in [6.45, 7) is 3.16. The molecule has 47 heavy (non-hydrogen) atoms. The molecule has 2 aromatic rings. The Balaban J connectivity index is 1.47. The number of halogens is 1. The quantitative estimate of drug-likeness (QED) is 0.357. The van der Waals surface area contributed by atoms with E-state index in [2.05, 4.69) is 21.2 Å². The standard InChI is InChI=1S/C35H38BrN3O8/c1-20(19-40)39-31-33(43)38(23-13-15-24(45-3)16-14-23)17-9-5-8-12-26(41)37-21(2)29(22-10-6-4-7-11-22)46-34(44)27-28(32(39)42)35(31)18-25(36)30(27)47-35/h4-7,9-11,13-16,18,20-21,27-31,40H,8,12,17,19H2,1-3H3,(H,37,41)/b9-5-/t20-,21-,27+,28-,29+,30+,31+,35-/m1/s1. The first-order chi connectivity index (χ1) is 22.6. The summed E-state index contributed by atoms with van der Waals surface area (Å²) < 4.78 is 18.6. The lowest BCUT2D eigenvalue weighted by molar-refractivity contribution is -0.161. The number of aliphatic hydroxyl groups is 1. The summed E-state index contributed by atoms with van der Waals surface area (Å²) in [4.78, 5) is 59.4. The van der Waals surface area contributed by atoms with Crippen molar-refractivity contribution in [2.24, 2.45) is 11.8 Å². The van der Waals surface area contributed by atoms with E-state index in [4.69, 9.17) is 14.2 Å². The normalized spacial score (nSPS) is 32.4. The molecule has 0 radical (unpaired) electrons. The van der Waals surface area contributed by atoms with Crippen LogP contribution in [0.25, 0.3) is 0 Å². The van der Waals surface area contributed by atoms with Crippen LogP contribution in [0.4, 0.5) is 5.69 Å². The number of carbonyl (C=O) groups excluding carboxylic acids is 4. The Kier molecular flexibility index (Phi) is 9.28. The van der Waals surface area contributed by atoms with Gasteiger partial charge in [0.15, 0.2) is 0 Å². The molecule has 4 heterocycles. The second-order valence-corrected chi connectivity index (χ2v) is 13.3. The molecule has 4 aliphatic rings. The zero-order valence-electron chi connectivity index (χ0n) is 26.4. The molecule has 0 unspecified atom stereocenters. The van der Waals surface area contributed by atoms with E-state index < -0.39 is 72.2 Å². The maximum Gasteiger partial charge on any atom is 0.313 e. The van der Waals surface area contributed by atoms with E-state index in [0.717, 1.165) is 0 Å². The lowest BCUT2D eigenvalue weighted by atomic mass is 9.74. The number of amides is 3. The molecule has 0 saturated carbocycles. The molecule has 248 valence electrons. The van der Waals surface area contributed by atoms with E-state index >= 15 is 0 Å². The summed E-state index contributed by atoms with van der Waals surface area (Å²) in [6.07, 6.45) is 4.24. The number of likely N-dealkylation sites (tertiary alicyclic amines) is 1. The molecule has 5 bridgehead atoms. The van der Waals surface area contributed by atoms with Gasteiger partial charge >= 0.3 is 5.97 Å². The van der Waals surface area contributed by atoms with Crippen LogP contribution in [0.15, 0.2) is 77.3 Å². The van der Waals surface area contributed by atoms with E-state index in [1.807, 2.05) is 42.5 Å². The van der Waals surface area contributed by atoms with Crippen molar-refractivity contribution in [3.05, 3.63) is 82.9 Å². The van der Waals surface area contributed by atoms with Gasteiger partial charge in [0.05, 0.1) is 31.7 Å². The lowest BCUT2D eigenvalue weighted by Gasteiger charge is -2.37. The van der Waals surface area contributed by atoms with Crippen LogP contribution in [0, 0.1) is 11.8 Å². The van der Waals surface area contributed by atoms with Gasteiger partial charge in [0, 0.05) is 23.1 Å². The third-order valence-corrected chi connectivity index (χ3v) is 10.1. The molecule has 2 saturated heterocycles. The number of carbonyl (C=O) groups is 4. The zero-order valence-corrected chi connectivity index (χ0v) is 28.0. The number of cyclic esters (lactones) is 1. The Morgan fingerprint density at radius 1 is 1.04 bits per heavy atom. The highest BCUT2D eigenvalue weighted by Crippen LogP contribution is 2.59. The molecular weight excluding hydrogens is 670 g/mol. The molecule has 4 aliphatic heterocycles. The van der Waals surface area contributed by atoms with Gasteiger partial charge in [-0.3, -0.25) is 19.2 Å². The van der Waals surface area contributed by atoms with Gasteiger partial charge in [0.2, 0.25) is 11.8 Å². The largest absolute Gasteiger partial charge is 0.497 e. The fraction of sp³-hybridized carbons (Fsp3) is 0.429. The number of esters is 1. The number of methoxy groups -OCH3 is 1. The van der Waals surface area contributed by atoms with Gasteiger partial charge in [0.1, 0.15) is 35.5 Å². The van der Waals surface area contributed by atoms with Crippen LogP contribution < -0.4 is 15.0 Å². The first kappa shape index (κ1) is 32.9. The van der Waals surface area contributed by atoms with Crippen LogP contribution in [0.1, 0.15) is 38.4 Å². The average molecular weight is 709 g/mol. The van der Waals surface area contributed by atoms with Gasteiger partial charge in [0.25, 0.3) is 5.91 Å². The Morgan fingerprint density at radius 2 is 1.77 bits per heavy atom. The molecule has 0 aliphatic carbocycles. The molecule has 0 aromatic heterocycles. The summed E-state index contributed by atoms with van der Waals surface area (Å²) in [5.74, 6) is -3.40. The van der Waals surface area contributed by atoms with Gasteiger partial charge in [-0.2, -0.15) is 0 Å². The van der Waals surface area contributed by atoms with Crippen molar-refractivity contribution < 1.29 is 38.5 Å². The molecule has 11 nitrogen and oxygen atoms in total. The predicted molar refractivity (Wildman–Crippen MR) is 175 cm³/mol. The number of fused-ring (bicyclic) bond motifs is 2. The molecule has 3 amide bonds. The Morgan fingerprint density at radius 3 is 2.45 bits per heavy atom. The predicted octanol–water partition coefficient (Wildman–Crippen LogP) is 3.42. The number of nitrogens with zero attached hydrogens (tertiary/aromatic N) is 2. The zero-order chi connectivity index (χ0) is 33.5. The molecule has 6 rings (SSSR count). The van der Waals surface area contributed by atoms with Crippen molar-refractivity contribution in [3.63, 3.8) is 0 Å². The molecule has 2 aromatic carbocycles. The van der Waals surface area contributed by atoms with Crippen LogP contribution in [0.5, 0.6) is 5.75 Å². The molecule has 1 spiro atoms. The van der Waals surface area contributed by atoms with Crippen LogP contribution in [-0.2, 0) is 28.7 Å². The number of anilines is 1. The fourth-order valence-electron chi connectivity index (χ4n) is 7.22. The number of allylic oxidation sites excluding steroid dienone is 1. The first-order valence-electron chi connectivity index (χ1n) is 15.8. The smallest absolute Gasteiger partial charge is 0.313 e. The minimum atomic E-state index is -1.50. The van der Waals surface area contributed by atoms with Gasteiger partial charge in [-0.1, -0.05) is 58.4 Å². The molecule has 2 N–H and O–H groups in total. The van der Waals surface area contributed by atoms with E-state index in [1.54, 1.807) is 51.3 Å². The Bertz CT molecular complexity index is 1600. The van der Waals surface area contributed by atoms with Gasteiger partial charge in [-0.25, -0.2) is 0 Å². The third-order valence-electron chi connectivity index (χ3n) is 9.47. The maximum absolute atomic E-state index is 14.9. The lowest BCUT2D eigenvalue weighted by Crippen LogP contribution is -2.58. The van der Waals surface area contributed by atoms with Crippen molar-refractivity contribution >= 4 is 45.3 Å². The van der Waals surface area contributed by atoms with Crippen molar-refractivity contribution in [2.45, 2.75) is 62.6 Å². The summed E-state index contributed by atoms with van der Waals surface area (Å²) in [7, 11) is 1.55. The van der Waals surface area contributed by atoms with Gasteiger partial charge < -0.3 is 34.4 Å². The minimum Gasteiger partial charge on any atom is -0.497 e. The number of hydrogen-bond donors (Lipinski definition) is 2. The maximum atomic E-state index is 14.9.